The molecule has 2 N–H and O–H groups in total. The Morgan fingerprint density at radius 3 is 2.45 bits per heavy atom. The van der Waals surface area contributed by atoms with Gasteiger partial charge in [-0.3, -0.25) is 14.3 Å². The molecule has 31 heavy (non-hydrogen) atoms. The van der Waals surface area contributed by atoms with Gasteiger partial charge in [-0.05, 0) is 36.4 Å². The number of carbonyl (C=O) groups is 2. The van der Waals surface area contributed by atoms with Gasteiger partial charge in [-0.25, -0.2) is 26.1 Å². The second kappa shape index (κ2) is 7.76. The SMILES string of the molecule is O=C(CN1C(=O)c2ccccc2S1(=O)=O)Nc1ccc(S(=O)(=O)Nc2nccs2)cc1. The van der Waals surface area contributed by atoms with Crippen molar-refractivity contribution in [1.29, 1.82) is 0 Å². The van der Waals surface area contributed by atoms with Gasteiger partial charge in [-0.15, -0.1) is 11.3 Å². The third-order valence-corrected chi connectivity index (χ3v) is 8.26. The van der Waals surface area contributed by atoms with E-state index in [4.69, 9.17) is 0 Å². The van der Waals surface area contributed by atoms with E-state index in [0.717, 1.165) is 11.3 Å². The molecule has 0 saturated heterocycles. The molecule has 1 aliphatic rings. The van der Waals surface area contributed by atoms with E-state index in [1.54, 1.807) is 5.38 Å². The summed E-state index contributed by atoms with van der Waals surface area (Å²) in [5, 5.41) is 4.30. The zero-order valence-electron chi connectivity index (χ0n) is 15.5. The maximum atomic E-state index is 12.5. The molecule has 2 aromatic carbocycles. The molecule has 1 aromatic heterocycles. The minimum atomic E-state index is -4.10. The third kappa shape index (κ3) is 4.02. The minimum Gasteiger partial charge on any atom is -0.325 e. The Balaban J connectivity index is 1.45. The summed E-state index contributed by atoms with van der Waals surface area (Å²) in [6, 6.07) is 11.0. The third-order valence-electron chi connectivity index (χ3n) is 4.30. The lowest BCUT2D eigenvalue weighted by molar-refractivity contribution is -0.116. The number of thiazole rings is 1. The number of anilines is 2. The van der Waals surface area contributed by atoms with Crippen molar-refractivity contribution in [1.82, 2.24) is 9.29 Å². The van der Waals surface area contributed by atoms with Gasteiger partial charge in [0.1, 0.15) is 11.4 Å². The van der Waals surface area contributed by atoms with Crippen LogP contribution in [0, 0.1) is 0 Å². The summed E-state index contributed by atoms with van der Waals surface area (Å²) < 4.78 is 52.5. The van der Waals surface area contributed by atoms with Gasteiger partial charge in [0, 0.05) is 17.3 Å². The molecule has 0 saturated carbocycles. The van der Waals surface area contributed by atoms with Crippen LogP contribution in [0.4, 0.5) is 10.8 Å². The largest absolute Gasteiger partial charge is 0.325 e. The highest BCUT2D eigenvalue weighted by molar-refractivity contribution is 7.93. The number of rotatable bonds is 6. The first-order chi connectivity index (χ1) is 14.7. The molecule has 4 rings (SSSR count). The van der Waals surface area contributed by atoms with E-state index in [-0.39, 0.29) is 26.2 Å². The van der Waals surface area contributed by atoms with E-state index in [0.29, 0.717) is 4.31 Å². The molecule has 1 aliphatic heterocycles. The fourth-order valence-corrected chi connectivity index (χ4v) is 6.20. The quantitative estimate of drug-likeness (QED) is 0.549. The van der Waals surface area contributed by atoms with Gasteiger partial charge < -0.3 is 5.32 Å². The molecule has 2 amide bonds. The summed E-state index contributed by atoms with van der Waals surface area (Å²) in [4.78, 5) is 28.4. The molecule has 2 heterocycles. The first-order valence-corrected chi connectivity index (χ1v) is 12.5. The van der Waals surface area contributed by atoms with Crippen molar-refractivity contribution in [3.8, 4) is 0 Å². The Kier molecular flexibility index (Phi) is 5.24. The van der Waals surface area contributed by atoms with Crippen LogP contribution < -0.4 is 10.0 Å². The lowest BCUT2D eigenvalue weighted by Gasteiger charge is -2.15. The fourth-order valence-electron chi connectivity index (χ4n) is 2.88. The number of nitrogens with zero attached hydrogens (tertiary/aromatic N) is 2. The van der Waals surface area contributed by atoms with Crippen molar-refractivity contribution in [2.24, 2.45) is 0 Å². The predicted molar refractivity (Wildman–Crippen MR) is 113 cm³/mol. The second-order valence-corrected chi connectivity index (χ2v) is 10.7. The number of benzene rings is 2. The molecule has 3 aromatic rings. The van der Waals surface area contributed by atoms with Crippen LogP contribution in [0.25, 0.3) is 0 Å². The zero-order valence-corrected chi connectivity index (χ0v) is 18.0. The number of amides is 2. The topological polar surface area (TPSA) is 143 Å². The number of hydrogen-bond acceptors (Lipinski definition) is 8. The van der Waals surface area contributed by atoms with Crippen molar-refractivity contribution in [2.75, 3.05) is 16.6 Å². The number of carbonyl (C=O) groups excluding carboxylic acids is 2. The Hall–Kier alpha value is -3.29. The molecule has 0 radical (unpaired) electrons. The average molecular weight is 479 g/mol. The number of sulfonamides is 2. The molecule has 0 fully saturated rings. The Morgan fingerprint density at radius 1 is 1.10 bits per heavy atom. The van der Waals surface area contributed by atoms with E-state index in [1.165, 1.54) is 54.7 Å². The molecule has 10 nitrogen and oxygen atoms in total. The van der Waals surface area contributed by atoms with Crippen LogP contribution in [0.3, 0.4) is 0 Å². The highest BCUT2D eigenvalue weighted by Crippen LogP contribution is 2.29. The number of hydrogen-bond donors (Lipinski definition) is 2. The van der Waals surface area contributed by atoms with Gasteiger partial charge in [0.15, 0.2) is 5.13 Å². The lowest BCUT2D eigenvalue weighted by Crippen LogP contribution is -2.37. The van der Waals surface area contributed by atoms with Gasteiger partial charge in [0.2, 0.25) is 5.91 Å². The van der Waals surface area contributed by atoms with Crippen LogP contribution in [-0.2, 0) is 24.8 Å². The first kappa shape index (κ1) is 21.0. The smallest absolute Gasteiger partial charge is 0.269 e. The van der Waals surface area contributed by atoms with Gasteiger partial charge in [0.05, 0.1) is 10.5 Å². The Bertz CT molecular complexity index is 1370. The van der Waals surface area contributed by atoms with Crippen molar-refractivity contribution >= 4 is 54.0 Å². The molecule has 0 unspecified atom stereocenters. The lowest BCUT2D eigenvalue weighted by atomic mass is 10.2. The molecular formula is C18H14N4O6S3. The van der Waals surface area contributed by atoms with Crippen LogP contribution in [0.2, 0.25) is 0 Å². The Morgan fingerprint density at radius 2 is 1.81 bits per heavy atom. The van der Waals surface area contributed by atoms with Crippen molar-refractivity contribution in [3.63, 3.8) is 0 Å². The van der Waals surface area contributed by atoms with Gasteiger partial charge >= 0.3 is 0 Å². The predicted octanol–water partition coefficient (Wildman–Crippen LogP) is 1.73. The van der Waals surface area contributed by atoms with E-state index in [9.17, 15) is 26.4 Å². The van der Waals surface area contributed by atoms with E-state index in [2.05, 4.69) is 15.0 Å². The molecule has 0 bridgehead atoms. The minimum absolute atomic E-state index is 0.0117. The van der Waals surface area contributed by atoms with E-state index < -0.39 is 38.4 Å². The molecule has 13 heteroatoms. The Labute approximate surface area is 181 Å². The van der Waals surface area contributed by atoms with Crippen molar-refractivity contribution in [2.45, 2.75) is 9.79 Å². The standard InChI is InChI=1S/C18H14N4O6S3/c23-16(11-22-17(24)14-3-1-2-4-15(14)31(22,27)28)20-12-5-7-13(8-6-12)30(25,26)21-18-19-9-10-29-18/h1-10H,11H2,(H,19,21)(H,20,23). The highest BCUT2D eigenvalue weighted by Gasteiger charge is 2.41. The highest BCUT2D eigenvalue weighted by atomic mass is 32.2. The van der Waals surface area contributed by atoms with Crippen LogP contribution in [-0.4, -0.2) is 44.5 Å². The van der Waals surface area contributed by atoms with Crippen molar-refractivity contribution in [3.05, 3.63) is 65.7 Å². The van der Waals surface area contributed by atoms with Gasteiger partial charge in [0.25, 0.3) is 26.0 Å². The summed E-state index contributed by atoms with van der Waals surface area (Å²) in [5.41, 5.74) is 0.248. The number of aromatic nitrogens is 1. The maximum Gasteiger partial charge on any atom is 0.269 e. The maximum absolute atomic E-state index is 12.5. The van der Waals surface area contributed by atoms with Crippen LogP contribution in [0.5, 0.6) is 0 Å². The zero-order chi connectivity index (χ0) is 22.2. The van der Waals surface area contributed by atoms with Crippen LogP contribution >= 0.6 is 11.3 Å². The monoisotopic (exact) mass is 478 g/mol. The summed E-state index contributed by atoms with van der Waals surface area (Å²) in [7, 11) is -7.95. The number of fused-ring (bicyclic) bond motifs is 1. The average Bonchev–Trinajstić information content (AvgIpc) is 3.29. The van der Waals surface area contributed by atoms with E-state index in [1.807, 2.05) is 0 Å². The van der Waals surface area contributed by atoms with Crippen molar-refractivity contribution < 1.29 is 26.4 Å². The molecule has 0 spiro atoms. The molecule has 160 valence electrons. The summed E-state index contributed by atoms with van der Waals surface area (Å²) >= 11 is 1.13. The normalized spacial score (nSPS) is 14.8. The van der Waals surface area contributed by atoms with E-state index >= 15 is 0 Å². The second-order valence-electron chi connectivity index (χ2n) is 6.33. The van der Waals surface area contributed by atoms with Crippen LogP contribution in [0.1, 0.15) is 10.4 Å². The summed E-state index contributed by atoms with van der Waals surface area (Å²) in [5.74, 6) is -1.53. The van der Waals surface area contributed by atoms with Gasteiger partial charge in [-0.2, -0.15) is 0 Å². The molecule has 0 atom stereocenters. The summed E-state index contributed by atoms with van der Waals surface area (Å²) in [6.45, 7) is -0.707. The summed E-state index contributed by atoms with van der Waals surface area (Å²) in [6.07, 6.45) is 1.46. The molecular weight excluding hydrogens is 464 g/mol. The molecule has 0 aliphatic carbocycles. The van der Waals surface area contributed by atoms with Gasteiger partial charge in [-0.1, -0.05) is 12.1 Å². The first-order valence-electron chi connectivity index (χ1n) is 8.67. The number of nitrogens with one attached hydrogen (secondary N) is 2. The fraction of sp³-hybridized carbons (Fsp3) is 0.0556. The van der Waals surface area contributed by atoms with Crippen LogP contribution in [0.15, 0.2) is 69.9 Å².